The summed E-state index contributed by atoms with van der Waals surface area (Å²) in [6.07, 6.45) is 0. The number of methoxy groups -OCH3 is 1. The number of nitrogen functional groups attached to an aromatic ring is 1. The molecule has 0 amide bonds. The lowest BCUT2D eigenvalue weighted by Crippen LogP contribution is -2.02. The van der Waals surface area contributed by atoms with Gasteiger partial charge in [-0.05, 0) is 25.1 Å². The number of hydrogen-bond donors (Lipinski definition) is 1. The zero-order chi connectivity index (χ0) is 11.7. The molecule has 0 saturated carbocycles. The van der Waals surface area contributed by atoms with Gasteiger partial charge < -0.3 is 10.5 Å². The van der Waals surface area contributed by atoms with E-state index in [0.29, 0.717) is 16.6 Å². The highest BCUT2D eigenvalue weighted by Gasteiger charge is 2.12. The fourth-order valence-corrected chi connectivity index (χ4v) is 1.56. The number of anilines is 1. The van der Waals surface area contributed by atoms with Gasteiger partial charge >= 0.3 is 0 Å². The average Bonchev–Trinajstić information content (AvgIpc) is 2.60. The Hall–Kier alpha value is -1.75. The van der Waals surface area contributed by atoms with Crippen LogP contribution in [-0.4, -0.2) is 22.1 Å². The summed E-state index contributed by atoms with van der Waals surface area (Å²) in [6.45, 7) is 1.83. The van der Waals surface area contributed by atoms with Gasteiger partial charge in [-0.15, -0.1) is 5.10 Å². The predicted octanol–water partition coefficient (Wildman–Crippen LogP) is 1.82. The summed E-state index contributed by atoms with van der Waals surface area (Å²) in [4.78, 5) is 0. The van der Waals surface area contributed by atoms with Gasteiger partial charge in [0.05, 0.1) is 12.8 Å². The highest BCUT2D eigenvalue weighted by atomic mass is 35.5. The number of ether oxygens (including phenoxy) is 1. The number of nitrogens with zero attached hydrogens (tertiary/aromatic N) is 3. The first-order valence-electron chi connectivity index (χ1n) is 4.65. The number of hydrogen-bond acceptors (Lipinski definition) is 4. The van der Waals surface area contributed by atoms with E-state index in [1.54, 1.807) is 30.0 Å². The van der Waals surface area contributed by atoms with Crippen LogP contribution in [0, 0.1) is 6.92 Å². The maximum absolute atomic E-state index is 5.93. The lowest BCUT2D eigenvalue weighted by Gasteiger charge is -2.09. The Morgan fingerprint density at radius 2 is 2.19 bits per heavy atom. The topological polar surface area (TPSA) is 66.0 Å². The Morgan fingerprint density at radius 1 is 1.44 bits per heavy atom. The molecule has 84 valence electrons. The molecule has 1 aromatic heterocycles. The Morgan fingerprint density at radius 3 is 2.75 bits per heavy atom. The highest BCUT2D eigenvalue weighted by molar-refractivity contribution is 6.30. The van der Waals surface area contributed by atoms with Crippen LogP contribution in [0.1, 0.15) is 5.69 Å². The van der Waals surface area contributed by atoms with Crippen molar-refractivity contribution in [2.75, 3.05) is 12.8 Å². The monoisotopic (exact) mass is 238 g/mol. The standard InChI is InChI=1S/C10H11ClN4O/c1-6-10(12)13-14-15(6)8-5-7(11)3-4-9(8)16-2/h3-5H,12H2,1-2H3. The molecule has 0 atom stereocenters. The van der Waals surface area contributed by atoms with Crippen molar-refractivity contribution in [1.82, 2.24) is 15.0 Å². The van der Waals surface area contributed by atoms with E-state index < -0.39 is 0 Å². The number of nitrogens with two attached hydrogens (primary N) is 1. The van der Waals surface area contributed by atoms with Gasteiger partial charge in [0.15, 0.2) is 5.82 Å². The molecule has 0 fully saturated rings. The van der Waals surface area contributed by atoms with Crippen LogP contribution < -0.4 is 10.5 Å². The van der Waals surface area contributed by atoms with E-state index in [2.05, 4.69) is 10.3 Å². The van der Waals surface area contributed by atoms with Crippen LogP contribution in [-0.2, 0) is 0 Å². The minimum Gasteiger partial charge on any atom is -0.494 e. The molecule has 0 radical (unpaired) electrons. The van der Waals surface area contributed by atoms with Crippen molar-refractivity contribution in [3.05, 3.63) is 28.9 Å². The first-order chi connectivity index (χ1) is 7.63. The third-order valence-corrected chi connectivity index (χ3v) is 2.53. The maximum Gasteiger partial charge on any atom is 0.169 e. The second kappa shape index (κ2) is 4.02. The molecular formula is C10H11ClN4O. The van der Waals surface area contributed by atoms with Gasteiger partial charge in [-0.25, -0.2) is 4.68 Å². The van der Waals surface area contributed by atoms with Crippen LogP contribution in [0.2, 0.25) is 5.02 Å². The Kier molecular flexibility index (Phi) is 2.70. The number of halogens is 1. The quantitative estimate of drug-likeness (QED) is 0.867. The maximum atomic E-state index is 5.93. The lowest BCUT2D eigenvalue weighted by molar-refractivity contribution is 0.411. The first-order valence-corrected chi connectivity index (χ1v) is 5.03. The number of aromatic nitrogens is 3. The summed E-state index contributed by atoms with van der Waals surface area (Å²) >= 11 is 5.93. The molecule has 0 spiro atoms. The molecule has 0 aliphatic carbocycles. The van der Waals surface area contributed by atoms with Gasteiger partial charge in [0, 0.05) is 5.02 Å². The van der Waals surface area contributed by atoms with Crippen molar-refractivity contribution in [1.29, 1.82) is 0 Å². The van der Waals surface area contributed by atoms with Gasteiger partial charge in [-0.1, -0.05) is 16.8 Å². The molecule has 0 aliphatic heterocycles. The third kappa shape index (κ3) is 1.69. The molecule has 0 bridgehead atoms. The molecule has 2 N–H and O–H groups in total. The zero-order valence-electron chi connectivity index (χ0n) is 8.94. The molecule has 2 rings (SSSR count). The van der Waals surface area contributed by atoms with Gasteiger partial charge in [0.1, 0.15) is 11.4 Å². The number of rotatable bonds is 2. The van der Waals surface area contributed by atoms with Gasteiger partial charge in [0.25, 0.3) is 0 Å². The van der Waals surface area contributed by atoms with Crippen molar-refractivity contribution in [3.63, 3.8) is 0 Å². The van der Waals surface area contributed by atoms with Crippen molar-refractivity contribution in [3.8, 4) is 11.4 Å². The Bertz CT molecular complexity index is 524. The summed E-state index contributed by atoms with van der Waals surface area (Å²) in [6, 6.07) is 5.27. The van der Waals surface area contributed by atoms with Crippen molar-refractivity contribution in [2.24, 2.45) is 0 Å². The van der Waals surface area contributed by atoms with E-state index in [1.165, 1.54) is 0 Å². The Balaban J connectivity index is 2.62. The predicted molar refractivity (Wildman–Crippen MR) is 62.1 cm³/mol. The SMILES string of the molecule is COc1ccc(Cl)cc1-n1nnc(N)c1C. The third-order valence-electron chi connectivity index (χ3n) is 2.30. The minimum atomic E-state index is 0.391. The fraction of sp³-hybridized carbons (Fsp3) is 0.200. The van der Waals surface area contributed by atoms with E-state index in [0.717, 1.165) is 11.4 Å². The molecule has 1 aromatic carbocycles. The van der Waals surface area contributed by atoms with Crippen LogP contribution >= 0.6 is 11.6 Å². The fourth-order valence-electron chi connectivity index (χ4n) is 1.40. The summed E-state index contributed by atoms with van der Waals surface area (Å²) in [5.41, 5.74) is 7.11. The number of benzene rings is 1. The summed E-state index contributed by atoms with van der Waals surface area (Å²) in [5.74, 6) is 1.06. The molecule has 5 nitrogen and oxygen atoms in total. The van der Waals surface area contributed by atoms with Crippen LogP contribution in [0.5, 0.6) is 5.75 Å². The molecule has 1 heterocycles. The highest BCUT2D eigenvalue weighted by Crippen LogP contribution is 2.27. The molecule has 0 unspecified atom stereocenters. The van der Waals surface area contributed by atoms with E-state index in [9.17, 15) is 0 Å². The van der Waals surface area contributed by atoms with Gasteiger partial charge in [-0.2, -0.15) is 0 Å². The van der Waals surface area contributed by atoms with E-state index >= 15 is 0 Å². The van der Waals surface area contributed by atoms with Gasteiger partial charge in [-0.3, -0.25) is 0 Å². The van der Waals surface area contributed by atoms with Crippen LogP contribution in [0.3, 0.4) is 0 Å². The lowest BCUT2D eigenvalue weighted by atomic mass is 10.3. The van der Waals surface area contributed by atoms with Crippen LogP contribution in [0.25, 0.3) is 5.69 Å². The molecule has 2 aromatic rings. The van der Waals surface area contributed by atoms with Crippen molar-refractivity contribution < 1.29 is 4.74 Å². The molecule has 0 saturated heterocycles. The van der Waals surface area contributed by atoms with E-state index in [-0.39, 0.29) is 0 Å². The second-order valence-corrected chi connectivity index (χ2v) is 3.72. The summed E-state index contributed by atoms with van der Waals surface area (Å²) in [7, 11) is 1.59. The van der Waals surface area contributed by atoms with E-state index in [1.807, 2.05) is 6.92 Å². The molecule has 0 aliphatic rings. The summed E-state index contributed by atoms with van der Waals surface area (Å²) < 4.78 is 6.83. The smallest absolute Gasteiger partial charge is 0.169 e. The van der Waals surface area contributed by atoms with Crippen molar-refractivity contribution >= 4 is 17.4 Å². The van der Waals surface area contributed by atoms with Gasteiger partial charge in [0.2, 0.25) is 0 Å². The Labute approximate surface area is 97.8 Å². The first kappa shape index (κ1) is 10.8. The summed E-state index contributed by atoms with van der Waals surface area (Å²) in [5, 5.41) is 8.33. The normalized spacial score (nSPS) is 10.4. The molecular weight excluding hydrogens is 228 g/mol. The van der Waals surface area contributed by atoms with Crippen LogP contribution in [0.15, 0.2) is 18.2 Å². The van der Waals surface area contributed by atoms with E-state index in [4.69, 9.17) is 22.1 Å². The second-order valence-electron chi connectivity index (χ2n) is 3.29. The molecule has 6 heteroatoms. The zero-order valence-corrected chi connectivity index (χ0v) is 9.69. The van der Waals surface area contributed by atoms with Crippen LogP contribution in [0.4, 0.5) is 5.82 Å². The van der Waals surface area contributed by atoms with Crippen molar-refractivity contribution in [2.45, 2.75) is 6.92 Å². The minimum absolute atomic E-state index is 0.391. The molecule has 16 heavy (non-hydrogen) atoms. The largest absolute Gasteiger partial charge is 0.494 e. The average molecular weight is 239 g/mol.